The molecule has 3 aromatic heterocycles. The van der Waals surface area contributed by atoms with Crippen molar-refractivity contribution in [1.82, 2.24) is 24.4 Å². The van der Waals surface area contributed by atoms with Gasteiger partial charge in [0.2, 0.25) is 0 Å². The molecule has 1 aromatic carbocycles. The summed E-state index contributed by atoms with van der Waals surface area (Å²) in [6, 6.07) is 8.35. The summed E-state index contributed by atoms with van der Waals surface area (Å²) in [6.07, 6.45) is -3.56. The number of alkyl halides is 3. The minimum absolute atomic E-state index is 0.00949. The Morgan fingerprint density at radius 1 is 1.15 bits per heavy atom. The molecule has 0 unspecified atom stereocenters. The maximum Gasteiger partial charge on any atom is 0.433 e. The SMILES string of the molecule is C=C.COc1ccc(-c2nc3c(C(=O)N4CCN([C@@H](CO)c5ccsc5)CC4)cnn3c(C(F)(F)F)c2C)cc1. The first kappa shape index (κ1) is 29.2. The van der Waals surface area contributed by atoms with E-state index in [-0.39, 0.29) is 35.1 Å². The van der Waals surface area contributed by atoms with E-state index >= 15 is 0 Å². The van der Waals surface area contributed by atoms with Crippen molar-refractivity contribution in [1.29, 1.82) is 0 Å². The number of carbonyl (C=O) groups is 1. The summed E-state index contributed by atoms with van der Waals surface area (Å²) >= 11 is 1.55. The van der Waals surface area contributed by atoms with Crippen molar-refractivity contribution in [3.63, 3.8) is 0 Å². The van der Waals surface area contributed by atoms with Crippen LogP contribution in [0.2, 0.25) is 0 Å². The molecule has 1 fully saturated rings. The van der Waals surface area contributed by atoms with Crippen molar-refractivity contribution in [3.05, 3.63) is 82.8 Å². The topological polar surface area (TPSA) is 83.2 Å². The Balaban J connectivity index is 0.00000181. The van der Waals surface area contributed by atoms with Crippen LogP contribution in [0.5, 0.6) is 5.75 Å². The van der Waals surface area contributed by atoms with Gasteiger partial charge in [0.05, 0.1) is 31.6 Å². The number of hydrogen-bond donors (Lipinski definition) is 1. The standard InChI is InChI=1S/C26H26F3N5O3S.C2H4/c1-16-22(17-3-5-19(37-2)6-4-17)31-24-20(13-30-34(24)23(16)26(27,28)29)25(36)33-10-8-32(9-11-33)21(14-35)18-7-12-38-15-18;1-2/h3-7,12-13,15,21,35H,8-11,14H2,1-2H3;1-2H2/t21-;/m0./s1. The van der Waals surface area contributed by atoms with Crippen LogP contribution >= 0.6 is 11.3 Å². The van der Waals surface area contributed by atoms with E-state index < -0.39 is 17.8 Å². The number of amides is 1. The fraction of sp³-hybridized carbons (Fsp3) is 0.321. The van der Waals surface area contributed by atoms with Crippen molar-refractivity contribution in [2.45, 2.75) is 19.1 Å². The fourth-order valence-electron chi connectivity index (χ4n) is 4.89. The second-order valence-corrected chi connectivity index (χ2v) is 9.82. The Bertz CT molecular complexity index is 1450. The number of nitrogens with zero attached hydrogens (tertiary/aromatic N) is 5. The maximum atomic E-state index is 14.2. The zero-order chi connectivity index (χ0) is 29.0. The van der Waals surface area contributed by atoms with E-state index in [0.29, 0.717) is 42.0 Å². The zero-order valence-electron chi connectivity index (χ0n) is 22.2. The Labute approximate surface area is 233 Å². The Morgan fingerprint density at radius 2 is 1.82 bits per heavy atom. The molecule has 1 saturated heterocycles. The van der Waals surface area contributed by atoms with Gasteiger partial charge < -0.3 is 14.7 Å². The second-order valence-electron chi connectivity index (χ2n) is 9.04. The molecule has 12 heteroatoms. The number of benzene rings is 1. The molecule has 212 valence electrons. The van der Waals surface area contributed by atoms with Gasteiger partial charge in [-0.3, -0.25) is 9.69 Å². The van der Waals surface area contributed by atoms with Gasteiger partial charge in [-0.2, -0.15) is 29.6 Å². The number of methoxy groups -OCH3 is 1. The number of hydrogen-bond acceptors (Lipinski definition) is 7. The van der Waals surface area contributed by atoms with E-state index in [9.17, 15) is 23.1 Å². The smallest absolute Gasteiger partial charge is 0.433 e. The summed E-state index contributed by atoms with van der Waals surface area (Å²) in [6.45, 7) is 9.06. The van der Waals surface area contributed by atoms with Gasteiger partial charge in [-0.25, -0.2) is 9.50 Å². The van der Waals surface area contributed by atoms with E-state index in [1.807, 2.05) is 16.8 Å². The van der Waals surface area contributed by atoms with Crippen LogP contribution in [0.4, 0.5) is 13.2 Å². The molecule has 8 nitrogen and oxygen atoms in total. The first-order valence-corrected chi connectivity index (χ1v) is 13.4. The Hall–Kier alpha value is -3.74. The molecule has 4 aromatic rings. The Morgan fingerprint density at radius 3 is 2.38 bits per heavy atom. The lowest BCUT2D eigenvalue weighted by molar-refractivity contribution is -0.143. The normalized spacial score (nSPS) is 15.0. The molecule has 0 bridgehead atoms. The molecule has 1 aliphatic rings. The van der Waals surface area contributed by atoms with E-state index in [1.165, 1.54) is 14.0 Å². The number of aromatic nitrogens is 3. The summed E-state index contributed by atoms with van der Waals surface area (Å²) in [7, 11) is 1.50. The molecule has 1 aliphatic heterocycles. The van der Waals surface area contributed by atoms with Gasteiger partial charge in [-0.15, -0.1) is 13.2 Å². The molecular formula is C28H30F3N5O3S. The number of aliphatic hydroxyl groups excluding tert-OH is 1. The fourth-order valence-corrected chi connectivity index (χ4v) is 5.60. The average Bonchev–Trinajstić information content (AvgIpc) is 3.64. The average molecular weight is 574 g/mol. The van der Waals surface area contributed by atoms with Gasteiger partial charge in [0.25, 0.3) is 5.91 Å². The highest BCUT2D eigenvalue weighted by Crippen LogP contribution is 2.37. The van der Waals surface area contributed by atoms with E-state index in [4.69, 9.17) is 4.74 Å². The van der Waals surface area contributed by atoms with Crippen molar-refractivity contribution in [3.8, 4) is 17.0 Å². The molecule has 1 N–H and O–H groups in total. The highest BCUT2D eigenvalue weighted by molar-refractivity contribution is 7.08. The van der Waals surface area contributed by atoms with Crippen LogP contribution in [0, 0.1) is 6.92 Å². The molecule has 0 spiro atoms. The van der Waals surface area contributed by atoms with Crippen molar-refractivity contribution < 1.29 is 27.8 Å². The largest absolute Gasteiger partial charge is 0.497 e. The summed E-state index contributed by atoms with van der Waals surface area (Å²) in [5, 5.41) is 17.8. The minimum atomic E-state index is -4.72. The molecule has 4 heterocycles. The van der Waals surface area contributed by atoms with Crippen LogP contribution in [0.3, 0.4) is 0 Å². The highest BCUT2D eigenvalue weighted by Gasteiger charge is 2.39. The summed E-state index contributed by atoms with van der Waals surface area (Å²) in [5.41, 5.74) is 0.405. The maximum absolute atomic E-state index is 14.2. The van der Waals surface area contributed by atoms with Crippen molar-refractivity contribution >= 4 is 22.9 Å². The van der Waals surface area contributed by atoms with Crippen LogP contribution in [0.15, 0.2) is 60.4 Å². The monoisotopic (exact) mass is 573 g/mol. The number of fused-ring (bicyclic) bond motifs is 1. The van der Waals surface area contributed by atoms with Gasteiger partial charge in [0.1, 0.15) is 11.3 Å². The van der Waals surface area contributed by atoms with Crippen LogP contribution < -0.4 is 4.74 Å². The Kier molecular flexibility index (Phi) is 8.92. The predicted octanol–water partition coefficient (Wildman–Crippen LogP) is 5.09. The molecule has 5 rings (SSSR count). The molecule has 0 saturated carbocycles. The predicted molar refractivity (Wildman–Crippen MR) is 148 cm³/mol. The lowest BCUT2D eigenvalue weighted by Gasteiger charge is -2.38. The highest BCUT2D eigenvalue weighted by atomic mass is 32.1. The summed E-state index contributed by atoms with van der Waals surface area (Å²) < 4.78 is 48.5. The first-order chi connectivity index (χ1) is 19.2. The van der Waals surface area contributed by atoms with Gasteiger partial charge in [0, 0.05) is 37.3 Å². The molecule has 1 atom stereocenters. The number of rotatable bonds is 6. The molecule has 0 aliphatic carbocycles. The molecule has 1 amide bonds. The van der Waals surface area contributed by atoms with Crippen LogP contribution in [-0.4, -0.2) is 75.3 Å². The first-order valence-electron chi connectivity index (χ1n) is 12.5. The third-order valence-electron chi connectivity index (χ3n) is 6.89. The lowest BCUT2D eigenvalue weighted by Crippen LogP contribution is -2.50. The number of halogens is 3. The number of piperazine rings is 1. The number of ether oxygens (including phenoxy) is 1. The van der Waals surface area contributed by atoms with E-state index in [2.05, 4.69) is 28.1 Å². The van der Waals surface area contributed by atoms with Crippen LogP contribution in [0.25, 0.3) is 16.9 Å². The zero-order valence-corrected chi connectivity index (χ0v) is 23.0. The lowest BCUT2D eigenvalue weighted by atomic mass is 10.0. The second kappa shape index (κ2) is 12.2. The van der Waals surface area contributed by atoms with Crippen molar-refractivity contribution in [2.75, 3.05) is 39.9 Å². The summed E-state index contributed by atoms with van der Waals surface area (Å²) in [4.78, 5) is 21.7. The molecular weight excluding hydrogens is 543 g/mol. The van der Waals surface area contributed by atoms with E-state index in [0.717, 1.165) is 11.8 Å². The number of thiophene rings is 1. The summed E-state index contributed by atoms with van der Waals surface area (Å²) in [5.74, 6) is 0.131. The molecule has 0 radical (unpaired) electrons. The van der Waals surface area contributed by atoms with Crippen molar-refractivity contribution in [2.24, 2.45) is 0 Å². The third kappa shape index (κ3) is 5.60. The minimum Gasteiger partial charge on any atom is -0.497 e. The van der Waals surface area contributed by atoms with Crippen LogP contribution in [0.1, 0.15) is 33.2 Å². The van der Waals surface area contributed by atoms with Gasteiger partial charge in [-0.1, -0.05) is 0 Å². The molecule has 40 heavy (non-hydrogen) atoms. The van der Waals surface area contributed by atoms with Gasteiger partial charge in [0.15, 0.2) is 11.3 Å². The number of aliphatic hydroxyl groups is 1. The van der Waals surface area contributed by atoms with Gasteiger partial charge in [-0.05, 0) is 53.6 Å². The van der Waals surface area contributed by atoms with Crippen LogP contribution in [-0.2, 0) is 6.18 Å². The van der Waals surface area contributed by atoms with E-state index in [1.54, 1.807) is 40.5 Å². The quantitative estimate of drug-likeness (QED) is 0.324. The van der Waals surface area contributed by atoms with Gasteiger partial charge >= 0.3 is 6.18 Å². The third-order valence-corrected chi connectivity index (χ3v) is 7.59. The number of carbonyl (C=O) groups excluding carboxylic acids is 1.